The maximum Gasteiger partial charge on any atom is 0.135 e. The lowest BCUT2D eigenvalue weighted by Gasteiger charge is -2.29. The molecule has 7 aromatic carbocycles. The molecule has 1 unspecified atom stereocenters. The van der Waals surface area contributed by atoms with Gasteiger partial charge in [-0.3, -0.25) is 0 Å². The lowest BCUT2D eigenvalue weighted by molar-refractivity contribution is 0.669. The number of aromatic nitrogens is 1. The number of fused-ring (bicyclic) bond motifs is 9. The van der Waals surface area contributed by atoms with Crippen LogP contribution in [0.2, 0.25) is 0 Å². The molecule has 0 saturated heterocycles. The van der Waals surface area contributed by atoms with Crippen LogP contribution in [0.4, 0.5) is 0 Å². The fraction of sp³-hybridized carbons (Fsp3) is 0.0800. The molecule has 2 aliphatic rings. The quantitative estimate of drug-likeness (QED) is 0.183. The summed E-state index contributed by atoms with van der Waals surface area (Å²) >= 11 is 0. The average Bonchev–Trinajstić information content (AvgIpc) is 3.76. The Balaban J connectivity index is 1.04. The predicted octanol–water partition coefficient (Wildman–Crippen LogP) is 13.4. The van der Waals surface area contributed by atoms with E-state index in [2.05, 4.69) is 162 Å². The molecule has 0 radical (unpaired) electrons. The van der Waals surface area contributed by atoms with Crippen molar-refractivity contribution >= 4 is 49.3 Å². The van der Waals surface area contributed by atoms with E-state index in [4.69, 9.17) is 4.42 Å². The van der Waals surface area contributed by atoms with Gasteiger partial charge in [-0.1, -0.05) is 121 Å². The Labute approximate surface area is 302 Å². The van der Waals surface area contributed by atoms with E-state index in [0.717, 1.165) is 46.9 Å². The molecule has 2 nitrogen and oxygen atoms in total. The molecule has 11 rings (SSSR count). The summed E-state index contributed by atoms with van der Waals surface area (Å²) in [7, 11) is 0. The molecule has 52 heavy (non-hydrogen) atoms. The summed E-state index contributed by atoms with van der Waals surface area (Å²) in [6.45, 7) is 0. The minimum Gasteiger partial charge on any atom is -0.456 e. The van der Waals surface area contributed by atoms with Crippen molar-refractivity contribution in [3.8, 4) is 27.9 Å². The van der Waals surface area contributed by atoms with E-state index in [1.54, 1.807) is 0 Å². The van der Waals surface area contributed by atoms with Gasteiger partial charge < -0.3 is 8.98 Å². The van der Waals surface area contributed by atoms with Crippen LogP contribution < -0.4 is 0 Å². The van der Waals surface area contributed by atoms with Crippen LogP contribution in [-0.2, 0) is 6.42 Å². The van der Waals surface area contributed by atoms with Crippen molar-refractivity contribution < 1.29 is 4.42 Å². The first-order valence-corrected chi connectivity index (χ1v) is 18.4. The Kier molecular flexibility index (Phi) is 6.54. The molecule has 2 heterocycles. The zero-order valence-corrected chi connectivity index (χ0v) is 28.7. The van der Waals surface area contributed by atoms with Crippen molar-refractivity contribution in [1.29, 1.82) is 0 Å². The number of rotatable bonds is 4. The van der Waals surface area contributed by atoms with Crippen molar-refractivity contribution in [2.24, 2.45) is 0 Å². The van der Waals surface area contributed by atoms with Crippen molar-refractivity contribution in [2.45, 2.75) is 25.2 Å². The van der Waals surface area contributed by atoms with Gasteiger partial charge in [-0.15, -0.1) is 0 Å². The number of benzene rings is 7. The second kappa shape index (κ2) is 11.6. The molecule has 0 fully saturated rings. The third kappa shape index (κ3) is 4.57. The van der Waals surface area contributed by atoms with E-state index in [0.29, 0.717) is 5.92 Å². The van der Waals surface area contributed by atoms with Crippen molar-refractivity contribution in [1.82, 2.24) is 4.57 Å². The Morgan fingerprint density at radius 2 is 1.33 bits per heavy atom. The lowest BCUT2D eigenvalue weighted by atomic mass is 9.74. The molecular formula is C50H35NO. The number of nitrogens with zero attached hydrogens (tertiary/aromatic N) is 1. The van der Waals surface area contributed by atoms with Crippen LogP contribution in [0.5, 0.6) is 0 Å². The summed E-state index contributed by atoms with van der Waals surface area (Å²) in [4.78, 5) is 0. The van der Waals surface area contributed by atoms with Crippen LogP contribution in [0.15, 0.2) is 174 Å². The van der Waals surface area contributed by atoms with Gasteiger partial charge in [0.2, 0.25) is 0 Å². The first kappa shape index (κ1) is 29.4. The molecule has 2 heteroatoms. The number of furan rings is 1. The Morgan fingerprint density at radius 3 is 2.27 bits per heavy atom. The first-order chi connectivity index (χ1) is 25.8. The number of para-hydroxylation sites is 2. The SMILES string of the molecule is C1=CC(c2cccc(C3Cc4ccccc4-c4cc(-c5ccc6c(c5)c5ccccc5n6-c5ccc6oc7ccccc7c6c5)ccc43)c2)=CCC1. The molecule has 0 spiro atoms. The van der Waals surface area contributed by atoms with Crippen LogP contribution in [0, 0.1) is 0 Å². The standard InChI is InChI=1S/C50H35NO/c1-2-11-32(12-3-1)33-14-10-15-36(27-33)43-30-37-13-4-5-16-39(37)44-28-34(21-24-40(43)44)35-22-25-48-45(29-35)41-17-6-8-19-47(41)51(48)38-23-26-50-46(31-38)42-18-7-9-20-49(42)52-50/h2,4-29,31,43H,1,3,30H2. The maximum atomic E-state index is 6.17. The summed E-state index contributed by atoms with van der Waals surface area (Å²) < 4.78 is 8.57. The molecular weight excluding hydrogens is 631 g/mol. The second-order valence-corrected chi connectivity index (χ2v) is 14.3. The average molecular weight is 666 g/mol. The molecule has 1 atom stereocenters. The van der Waals surface area contributed by atoms with Crippen LogP contribution in [-0.4, -0.2) is 4.57 Å². The molecule has 0 amide bonds. The minimum atomic E-state index is 0.303. The van der Waals surface area contributed by atoms with Crippen molar-refractivity contribution in [3.63, 3.8) is 0 Å². The summed E-state index contributed by atoms with van der Waals surface area (Å²) in [5.41, 5.74) is 17.4. The van der Waals surface area contributed by atoms with E-state index in [9.17, 15) is 0 Å². The smallest absolute Gasteiger partial charge is 0.135 e. The summed E-state index contributed by atoms with van der Waals surface area (Å²) in [5, 5.41) is 4.79. The molecule has 9 aromatic rings. The van der Waals surface area contributed by atoms with Gasteiger partial charge in [-0.2, -0.15) is 0 Å². The molecule has 0 bridgehead atoms. The fourth-order valence-electron chi connectivity index (χ4n) is 8.91. The summed E-state index contributed by atoms with van der Waals surface area (Å²) in [5.74, 6) is 0.303. The number of hydrogen-bond acceptors (Lipinski definition) is 1. The highest BCUT2D eigenvalue weighted by Gasteiger charge is 2.27. The molecule has 0 N–H and O–H groups in total. The predicted molar refractivity (Wildman–Crippen MR) is 217 cm³/mol. The Morgan fingerprint density at radius 1 is 0.519 bits per heavy atom. The lowest BCUT2D eigenvalue weighted by Crippen LogP contribution is -2.13. The number of allylic oxidation sites excluding steroid dienone is 4. The van der Waals surface area contributed by atoms with E-state index >= 15 is 0 Å². The van der Waals surface area contributed by atoms with E-state index in [-0.39, 0.29) is 0 Å². The van der Waals surface area contributed by atoms with Crippen LogP contribution in [0.1, 0.15) is 41.0 Å². The van der Waals surface area contributed by atoms with Crippen molar-refractivity contribution in [2.75, 3.05) is 0 Å². The Bertz CT molecular complexity index is 2950. The normalized spacial score (nSPS) is 15.3. The van der Waals surface area contributed by atoms with Gasteiger partial charge >= 0.3 is 0 Å². The third-order valence-corrected chi connectivity index (χ3v) is 11.4. The molecule has 246 valence electrons. The zero-order chi connectivity index (χ0) is 34.2. The second-order valence-electron chi connectivity index (χ2n) is 14.3. The Hall–Kier alpha value is -6.38. The van der Waals surface area contributed by atoms with Gasteiger partial charge in [-0.05, 0) is 118 Å². The van der Waals surface area contributed by atoms with E-state index in [1.165, 1.54) is 71.9 Å². The highest BCUT2D eigenvalue weighted by atomic mass is 16.3. The monoisotopic (exact) mass is 665 g/mol. The van der Waals surface area contributed by atoms with Gasteiger partial charge in [0.1, 0.15) is 11.2 Å². The molecule has 2 aliphatic carbocycles. The molecule has 2 aromatic heterocycles. The largest absolute Gasteiger partial charge is 0.456 e. The van der Waals surface area contributed by atoms with Gasteiger partial charge in [-0.25, -0.2) is 0 Å². The fourth-order valence-corrected chi connectivity index (χ4v) is 8.91. The van der Waals surface area contributed by atoms with Crippen LogP contribution in [0.25, 0.3) is 77.3 Å². The minimum absolute atomic E-state index is 0.303. The van der Waals surface area contributed by atoms with E-state index in [1.807, 2.05) is 12.1 Å². The highest BCUT2D eigenvalue weighted by Crippen LogP contribution is 2.45. The van der Waals surface area contributed by atoms with Crippen LogP contribution >= 0.6 is 0 Å². The summed E-state index contributed by atoms with van der Waals surface area (Å²) in [6.07, 6.45) is 10.2. The van der Waals surface area contributed by atoms with E-state index < -0.39 is 0 Å². The van der Waals surface area contributed by atoms with Crippen LogP contribution in [0.3, 0.4) is 0 Å². The maximum absolute atomic E-state index is 6.17. The van der Waals surface area contributed by atoms with Crippen molar-refractivity contribution in [3.05, 3.63) is 192 Å². The number of hydrogen-bond donors (Lipinski definition) is 0. The van der Waals surface area contributed by atoms with Gasteiger partial charge in [0.15, 0.2) is 0 Å². The first-order valence-electron chi connectivity index (χ1n) is 18.4. The topological polar surface area (TPSA) is 18.1 Å². The molecule has 0 aliphatic heterocycles. The van der Waals surface area contributed by atoms with Gasteiger partial charge in [0.05, 0.1) is 11.0 Å². The van der Waals surface area contributed by atoms with Gasteiger partial charge in [0, 0.05) is 33.2 Å². The highest BCUT2D eigenvalue weighted by molar-refractivity contribution is 6.11. The zero-order valence-electron chi connectivity index (χ0n) is 28.7. The summed E-state index contributed by atoms with van der Waals surface area (Å²) in [6, 6.07) is 56.1. The molecule has 0 saturated carbocycles. The van der Waals surface area contributed by atoms with Gasteiger partial charge in [0.25, 0.3) is 0 Å². The third-order valence-electron chi connectivity index (χ3n) is 11.4.